The van der Waals surface area contributed by atoms with E-state index in [4.69, 9.17) is 0 Å². The first-order chi connectivity index (χ1) is 6.59. The Balaban J connectivity index is 3.03. The molecule has 1 N–H and O–H groups in total. The predicted molar refractivity (Wildman–Crippen MR) is 57.0 cm³/mol. The van der Waals surface area contributed by atoms with Gasteiger partial charge in [0, 0.05) is 11.6 Å². The second-order valence-corrected chi connectivity index (χ2v) is 3.99. The summed E-state index contributed by atoms with van der Waals surface area (Å²) in [5, 5.41) is 0.372. The van der Waals surface area contributed by atoms with Crippen molar-refractivity contribution < 1.29 is 4.39 Å². The van der Waals surface area contributed by atoms with Gasteiger partial charge < -0.3 is 4.98 Å². The van der Waals surface area contributed by atoms with Crippen LogP contribution in [0.4, 0.5) is 4.39 Å². The Hall–Kier alpha value is -1.16. The number of fused-ring (bicyclic) bond motifs is 1. The minimum Gasteiger partial charge on any atom is -0.357 e. The number of aromatic nitrogens is 1. The standard InChI is InChI=1S/C10H7BrFNO/c1-5-2-6-9(8(12)3-5)13-4-7(11)10(6)14/h2-4H,1H3,(H,13,14). The molecule has 0 unspecified atom stereocenters. The molecule has 14 heavy (non-hydrogen) atoms. The van der Waals surface area contributed by atoms with Gasteiger partial charge in [-0.1, -0.05) is 0 Å². The maximum atomic E-state index is 13.4. The summed E-state index contributed by atoms with van der Waals surface area (Å²) in [6, 6.07) is 3.06. The monoisotopic (exact) mass is 255 g/mol. The molecule has 1 aromatic carbocycles. The number of H-pyrrole nitrogens is 1. The molecule has 2 rings (SSSR count). The molecular weight excluding hydrogens is 249 g/mol. The van der Waals surface area contributed by atoms with Gasteiger partial charge in [0.15, 0.2) is 0 Å². The van der Waals surface area contributed by atoms with Gasteiger partial charge in [-0.05, 0) is 40.5 Å². The summed E-state index contributed by atoms with van der Waals surface area (Å²) in [7, 11) is 0. The van der Waals surface area contributed by atoms with E-state index in [1.165, 1.54) is 12.3 Å². The molecule has 0 bridgehead atoms. The molecule has 0 aliphatic heterocycles. The third-order valence-corrected chi connectivity index (χ3v) is 2.63. The van der Waals surface area contributed by atoms with Crippen molar-refractivity contribution in [1.82, 2.24) is 4.98 Å². The van der Waals surface area contributed by atoms with E-state index in [2.05, 4.69) is 20.9 Å². The van der Waals surface area contributed by atoms with Crippen molar-refractivity contribution in [3.05, 3.63) is 44.4 Å². The largest absolute Gasteiger partial charge is 0.357 e. The van der Waals surface area contributed by atoms with Gasteiger partial charge in [0.2, 0.25) is 5.43 Å². The van der Waals surface area contributed by atoms with E-state index in [0.717, 1.165) is 5.56 Å². The van der Waals surface area contributed by atoms with E-state index in [0.29, 0.717) is 9.86 Å². The van der Waals surface area contributed by atoms with E-state index in [1.54, 1.807) is 13.0 Å². The minimum absolute atomic E-state index is 0.193. The molecule has 0 atom stereocenters. The lowest BCUT2D eigenvalue weighted by atomic mass is 10.1. The van der Waals surface area contributed by atoms with Crippen molar-refractivity contribution >= 4 is 26.8 Å². The second-order valence-electron chi connectivity index (χ2n) is 3.14. The van der Waals surface area contributed by atoms with Crippen molar-refractivity contribution in [2.45, 2.75) is 6.92 Å². The number of halogens is 2. The SMILES string of the molecule is Cc1cc(F)c2[nH]cc(Br)c(=O)c2c1. The zero-order valence-electron chi connectivity index (χ0n) is 7.40. The molecule has 1 heterocycles. The van der Waals surface area contributed by atoms with Crippen LogP contribution >= 0.6 is 15.9 Å². The van der Waals surface area contributed by atoms with Crippen LogP contribution in [0.2, 0.25) is 0 Å². The topological polar surface area (TPSA) is 32.9 Å². The van der Waals surface area contributed by atoms with Crippen LogP contribution in [0, 0.1) is 12.7 Å². The van der Waals surface area contributed by atoms with Crippen LogP contribution in [0.3, 0.4) is 0 Å². The van der Waals surface area contributed by atoms with Crippen LogP contribution in [0.5, 0.6) is 0 Å². The van der Waals surface area contributed by atoms with Gasteiger partial charge in [-0.15, -0.1) is 0 Å². The Kier molecular flexibility index (Phi) is 2.15. The third-order valence-electron chi connectivity index (χ3n) is 2.04. The Bertz CT molecular complexity index is 562. The average molecular weight is 256 g/mol. The summed E-state index contributed by atoms with van der Waals surface area (Å²) in [5.41, 5.74) is 0.795. The number of nitrogens with one attached hydrogen (secondary N) is 1. The van der Waals surface area contributed by atoms with E-state index < -0.39 is 5.82 Å². The van der Waals surface area contributed by atoms with Gasteiger partial charge in [-0.3, -0.25) is 4.79 Å². The number of aryl methyl sites for hydroxylation is 1. The fourth-order valence-corrected chi connectivity index (χ4v) is 1.73. The third kappa shape index (κ3) is 1.35. The lowest BCUT2D eigenvalue weighted by molar-refractivity contribution is 0.635. The normalized spacial score (nSPS) is 10.8. The van der Waals surface area contributed by atoms with Crippen LogP contribution in [0.25, 0.3) is 10.9 Å². The van der Waals surface area contributed by atoms with E-state index in [9.17, 15) is 9.18 Å². The quantitative estimate of drug-likeness (QED) is 0.772. The molecule has 0 spiro atoms. The van der Waals surface area contributed by atoms with Gasteiger partial charge in [-0.2, -0.15) is 0 Å². The van der Waals surface area contributed by atoms with Gasteiger partial charge in [0.1, 0.15) is 5.82 Å². The fourth-order valence-electron chi connectivity index (χ4n) is 1.40. The van der Waals surface area contributed by atoms with Crippen molar-refractivity contribution in [3.63, 3.8) is 0 Å². The summed E-state index contributed by atoms with van der Waals surface area (Å²) >= 11 is 3.10. The van der Waals surface area contributed by atoms with Crippen molar-refractivity contribution in [1.29, 1.82) is 0 Å². The smallest absolute Gasteiger partial charge is 0.203 e. The molecule has 0 saturated carbocycles. The number of benzene rings is 1. The first kappa shape index (κ1) is 9.40. The maximum absolute atomic E-state index is 13.4. The van der Waals surface area contributed by atoms with Crippen LogP contribution in [-0.2, 0) is 0 Å². The Labute approximate surface area is 87.9 Å². The number of hydrogen-bond acceptors (Lipinski definition) is 1. The highest BCUT2D eigenvalue weighted by atomic mass is 79.9. The molecule has 72 valence electrons. The Morgan fingerprint density at radius 2 is 2.14 bits per heavy atom. The van der Waals surface area contributed by atoms with Crippen LogP contribution in [0.1, 0.15) is 5.56 Å². The molecule has 1 aromatic heterocycles. The summed E-state index contributed by atoms with van der Waals surface area (Å²) in [6.45, 7) is 1.75. The molecule has 0 aliphatic rings. The zero-order chi connectivity index (χ0) is 10.3. The average Bonchev–Trinajstić information content (AvgIpc) is 2.12. The molecule has 2 aromatic rings. The Morgan fingerprint density at radius 3 is 2.86 bits per heavy atom. The van der Waals surface area contributed by atoms with Gasteiger partial charge in [0.05, 0.1) is 9.99 Å². The van der Waals surface area contributed by atoms with Gasteiger partial charge >= 0.3 is 0 Å². The number of hydrogen-bond donors (Lipinski definition) is 1. The molecule has 0 saturated heterocycles. The van der Waals surface area contributed by atoms with E-state index in [1.807, 2.05) is 0 Å². The van der Waals surface area contributed by atoms with Crippen molar-refractivity contribution in [2.75, 3.05) is 0 Å². The van der Waals surface area contributed by atoms with Gasteiger partial charge in [-0.25, -0.2) is 4.39 Å². The van der Waals surface area contributed by atoms with Crippen LogP contribution in [-0.4, -0.2) is 4.98 Å². The first-order valence-corrected chi connectivity index (χ1v) is 4.86. The highest BCUT2D eigenvalue weighted by Gasteiger charge is 2.07. The molecular formula is C10H7BrFNO. The zero-order valence-corrected chi connectivity index (χ0v) is 8.98. The van der Waals surface area contributed by atoms with Crippen molar-refractivity contribution in [3.8, 4) is 0 Å². The minimum atomic E-state index is -0.399. The molecule has 4 heteroatoms. The van der Waals surface area contributed by atoms with Crippen LogP contribution < -0.4 is 5.43 Å². The fraction of sp³-hybridized carbons (Fsp3) is 0.100. The molecule has 2 nitrogen and oxygen atoms in total. The summed E-state index contributed by atoms with van der Waals surface area (Å²) in [6.07, 6.45) is 1.45. The molecule has 0 radical (unpaired) electrons. The van der Waals surface area contributed by atoms with E-state index in [-0.39, 0.29) is 10.9 Å². The van der Waals surface area contributed by atoms with Crippen molar-refractivity contribution in [2.24, 2.45) is 0 Å². The summed E-state index contributed by atoms with van der Waals surface area (Å²) in [4.78, 5) is 14.3. The number of rotatable bonds is 0. The summed E-state index contributed by atoms with van der Waals surface area (Å²) in [5.74, 6) is -0.399. The highest BCUT2D eigenvalue weighted by Crippen LogP contribution is 2.16. The molecule has 0 amide bonds. The predicted octanol–water partition coefficient (Wildman–Crippen LogP) is 2.74. The lowest BCUT2D eigenvalue weighted by Crippen LogP contribution is -2.04. The van der Waals surface area contributed by atoms with E-state index >= 15 is 0 Å². The Morgan fingerprint density at radius 1 is 1.43 bits per heavy atom. The summed E-state index contributed by atoms with van der Waals surface area (Å²) < 4.78 is 13.8. The highest BCUT2D eigenvalue weighted by molar-refractivity contribution is 9.10. The molecule has 0 aliphatic carbocycles. The number of pyridine rings is 1. The first-order valence-electron chi connectivity index (χ1n) is 4.06. The molecule has 0 fully saturated rings. The number of aromatic amines is 1. The second kappa shape index (κ2) is 3.20. The van der Waals surface area contributed by atoms with Gasteiger partial charge in [0.25, 0.3) is 0 Å². The lowest BCUT2D eigenvalue weighted by Gasteiger charge is -2.01. The van der Waals surface area contributed by atoms with Crippen LogP contribution in [0.15, 0.2) is 27.6 Å². The maximum Gasteiger partial charge on any atom is 0.203 e.